The molecule has 0 amide bonds. The van der Waals surface area contributed by atoms with E-state index in [1.165, 1.54) is 61.9 Å². The third kappa shape index (κ3) is 4.93. The van der Waals surface area contributed by atoms with Crippen molar-refractivity contribution in [1.82, 2.24) is 14.8 Å². The van der Waals surface area contributed by atoms with Gasteiger partial charge in [-0.3, -0.25) is 9.88 Å². The second-order valence-corrected chi connectivity index (χ2v) is 8.26. The summed E-state index contributed by atoms with van der Waals surface area (Å²) in [5.74, 6) is 0.866. The van der Waals surface area contributed by atoms with Gasteiger partial charge in [-0.25, -0.2) is 0 Å². The van der Waals surface area contributed by atoms with Crippen LogP contribution in [-0.2, 0) is 19.5 Å². The van der Waals surface area contributed by atoms with Crippen LogP contribution in [0.5, 0.6) is 0 Å². The van der Waals surface area contributed by atoms with Crippen LogP contribution in [0.25, 0.3) is 0 Å². The molecule has 2 aliphatic rings. The fourth-order valence-corrected chi connectivity index (χ4v) is 4.09. The third-order valence-electron chi connectivity index (χ3n) is 5.94. The predicted molar refractivity (Wildman–Crippen MR) is 107 cm³/mol. The molecule has 138 valence electrons. The topological polar surface area (TPSA) is 19.4 Å². The minimum Gasteiger partial charge on any atom is -0.306 e. The Hall–Kier alpha value is -1.71. The summed E-state index contributed by atoms with van der Waals surface area (Å²) in [5.41, 5.74) is 4.26. The van der Waals surface area contributed by atoms with E-state index in [0.29, 0.717) is 0 Å². The van der Waals surface area contributed by atoms with E-state index >= 15 is 0 Å². The summed E-state index contributed by atoms with van der Waals surface area (Å²) in [6.45, 7) is 4.57. The number of rotatable bonds is 7. The molecule has 1 saturated carbocycles. The first-order chi connectivity index (χ1) is 12.8. The smallest absolute Gasteiger partial charge is 0.0312 e. The van der Waals surface area contributed by atoms with Crippen LogP contribution < -0.4 is 0 Å². The van der Waals surface area contributed by atoms with E-state index in [1.807, 2.05) is 18.5 Å². The van der Waals surface area contributed by atoms with Gasteiger partial charge in [0.2, 0.25) is 0 Å². The molecule has 4 rings (SSSR count). The van der Waals surface area contributed by atoms with Crippen LogP contribution in [0.15, 0.2) is 48.8 Å². The Balaban J connectivity index is 1.33. The average Bonchev–Trinajstić information content (AvgIpc) is 3.51. The van der Waals surface area contributed by atoms with E-state index in [2.05, 4.69) is 52.2 Å². The standard InChI is InChI=1S/C23H31N3/c1-25-13-10-20(11-14-25)15-19-4-6-21(7-5-19)17-26(23-8-9-23)18-22-3-2-12-24-16-22/h2-7,12,16,20,23H,8-11,13-15,17-18H2,1H3. The highest BCUT2D eigenvalue weighted by Crippen LogP contribution is 2.30. The molecule has 26 heavy (non-hydrogen) atoms. The lowest BCUT2D eigenvalue weighted by Crippen LogP contribution is -2.30. The Morgan fingerprint density at radius 3 is 2.27 bits per heavy atom. The van der Waals surface area contributed by atoms with Crippen LogP contribution in [0.1, 0.15) is 42.4 Å². The van der Waals surface area contributed by atoms with E-state index in [-0.39, 0.29) is 0 Å². The number of piperidine rings is 1. The zero-order valence-corrected chi connectivity index (χ0v) is 16.0. The molecule has 1 aromatic heterocycles. The van der Waals surface area contributed by atoms with Gasteiger partial charge in [-0.05, 0) is 80.9 Å². The third-order valence-corrected chi connectivity index (χ3v) is 5.94. The van der Waals surface area contributed by atoms with E-state index < -0.39 is 0 Å². The molecule has 3 heteroatoms. The van der Waals surface area contributed by atoms with Crippen LogP contribution in [-0.4, -0.2) is 41.0 Å². The van der Waals surface area contributed by atoms with Crippen molar-refractivity contribution in [1.29, 1.82) is 0 Å². The molecule has 0 spiro atoms. The van der Waals surface area contributed by atoms with Gasteiger partial charge in [-0.1, -0.05) is 30.3 Å². The molecule has 0 N–H and O–H groups in total. The van der Waals surface area contributed by atoms with E-state index in [9.17, 15) is 0 Å². The lowest BCUT2D eigenvalue weighted by molar-refractivity contribution is 0.219. The predicted octanol–water partition coefficient (Wildman–Crippen LogP) is 4.13. The molecule has 3 nitrogen and oxygen atoms in total. The van der Waals surface area contributed by atoms with Gasteiger partial charge in [0.15, 0.2) is 0 Å². The van der Waals surface area contributed by atoms with Gasteiger partial charge in [-0.2, -0.15) is 0 Å². The van der Waals surface area contributed by atoms with Crippen LogP contribution in [0.4, 0.5) is 0 Å². The molecule has 0 unspecified atom stereocenters. The van der Waals surface area contributed by atoms with Crippen LogP contribution in [0, 0.1) is 5.92 Å². The number of pyridine rings is 1. The lowest BCUT2D eigenvalue weighted by atomic mass is 9.90. The molecular formula is C23H31N3. The summed E-state index contributed by atoms with van der Waals surface area (Å²) in [4.78, 5) is 9.33. The lowest BCUT2D eigenvalue weighted by Gasteiger charge is -2.29. The Morgan fingerprint density at radius 1 is 0.923 bits per heavy atom. The van der Waals surface area contributed by atoms with Gasteiger partial charge in [-0.15, -0.1) is 0 Å². The maximum atomic E-state index is 4.27. The van der Waals surface area contributed by atoms with Crippen molar-refractivity contribution in [3.8, 4) is 0 Å². The van der Waals surface area contributed by atoms with Gasteiger partial charge in [0.1, 0.15) is 0 Å². The van der Waals surface area contributed by atoms with Crippen molar-refractivity contribution < 1.29 is 0 Å². The normalized spacial score (nSPS) is 19.2. The van der Waals surface area contributed by atoms with E-state index in [4.69, 9.17) is 0 Å². The summed E-state index contributed by atoms with van der Waals surface area (Å²) in [6, 6.07) is 14.4. The minimum atomic E-state index is 0.758. The zero-order valence-electron chi connectivity index (χ0n) is 16.0. The molecule has 1 aliphatic carbocycles. The number of hydrogen-bond acceptors (Lipinski definition) is 3. The number of nitrogens with zero attached hydrogens (tertiary/aromatic N) is 3. The van der Waals surface area contributed by atoms with Gasteiger partial charge in [0, 0.05) is 31.5 Å². The highest BCUT2D eigenvalue weighted by atomic mass is 15.2. The molecule has 0 bridgehead atoms. The average molecular weight is 350 g/mol. The Bertz CT molecular complexity index is 670. The Labute approximate surface area is 158 Å². The molecular weight excluding hydrogens is 318 g/mol. The van der Waals surface area contributed by atoms with Gasteiger partial charge >= 0.3 is 0 Å². The molecule has 0 atom stereocenters. The number of likely N-dealkylation sites (tertiary alicyclic amines) is 1. The number of aromatic nitrogens is 1. The first-order valence-corrected chi connectivity index (χ1v) is 10.2. The minimum absolute atomic E-state index is 0.758. The van der Waals surface area contributed by atoms with Crippen LogP contribution >= 0.6 is 0 Å². The maximum Gasteiger partial charge on any atom is 0.0312 e. The van der Waals surface area contributed by atoms with Crippen molar-refractivity contribution in [3.63, 3.8) is 0 Å². The van der Waals surface area contributed by atoms with Gasteiger partial charge in [0.05, 0.1) is 0 Å². The van der Waals surface area contributed by atoms with Crippen molar-refractivity contribution in [3.05, 3.63) is 65.5 Å². The van der Waals surface area contributed by atoms with Crippen molar-refractivity contribution in [2.24, 2.45) is 5.92 Å². The first kappa shape index (κ1) is 17.7. The highest BCUT2D eigenvalue weighted by Gasteiger charge is 2.29. The largest absolute Gasteiger partial charge is 0.306 e. The van der Waals surface area contributed by atoms with Crippen molar-refractivity contribution >= 4 is 0 Å². The molecule has 2 heterocycles. The number of benzene rings is 1. The highest BCUT2D eigenvalue weighted by molar-refractivity contribution is 5.23. The monoisotopic (exact) mass is 349 g/mol. The summed E-state index contributed by atoms with van der Waals surface area (Å²) in [7, 11) is 2.24. The van der Waals surface area contributed by atoms with Crippen LogP contribution in [0.2, 0.25) is 0 Å². The molecule has 0 radical (unpaired) electrons. The molecule has 2 aromatic rings. The summed E-state index contributed by atoms with van der Waals surface area (Å²) >= 11 is 0. The SMILES string of the molecule is CN1CCC(Cc2ccc(CN(Cc3cccnc3)C3CC3)cc2)CC1. The number of hydrogen-bond donors (Lipinski definition) is 0. The molecule has 1 aromatic carbocycles. The molecule has 1 saturated heterocycles. The van der Waals surface area contributed by atoms with Gasteiger partial charge in [0.25, 0.3) is 0 Å². The second kappa shape index (κ2) is 8.32. The molecule has 1 aliphatic heterocycles. The quantitative estimate of drug-likeness (QED) is 0.749. The van der Waals surface area contributed by atoms with Crippen molar-refractivity contribution in [2.75, 3.05) is 20.1 Å². The zero-order chi connectivity index (χ0) is 17.8. The second-order valence-electron chi connectivity index (χ2n) is 8.26. The summed E-state index contributed by atoms with van der Waals surface area (Å²) in [6.07, 6.45) is 10.5. The summed E-state index contributed by atoms with van der Waals surface area (Å²) in [5, 5.41) is 0. The fraction of sp³-hybridized carbons (Fsp3) is 0.522. The Morgan fingerprint density at radius 2 is 1.62 bits per heavy atom. The van der Waals surface area contributed by atoms with Crippen molar-refractivity contribution in [2.45, 2.75) is 51.2 Å². The summed E-state index contributed by atoms with van der Waals surface area (Å²) < 4.78 is 0. The van der Waals surface area contributed by atoms with Gasteiger partial charge < -0.3 is 4.90 Å². The van der Waals surface area contributed by atoms with E-state index in [1.54, 1.807) is 0 Å². The maximum absolute atomic E-state index is 4.27. The molecule has 2 fully saturated rings. The fourth-order valence-electron chi connectivity index (χ4n) is 4.09. The first-order valence-electron chi connectivity index (χ1n) is 10.2. The van der Waals surface area contributed by atoms with E-state index in [0.717, 1.165) is 25.0 Å². The van der Waals surface area contributed by atoms with Crippen LogP contribution in [0.3, 0.4) is 0 Å². The Kier molecular flexibility index (Phi) is 5.66.